The van der Waals surface area contributed by atoms with Gasteiger partial charge in [0.25, 0.3) is 0 Å². The Hall–Kier alpha value is -1.25. The van der Waals surface area contributed by atoms with Gasteiger partial charge in [-0.15, -0.1) is 0 Å². The summed E-state index contributed by atoms with van der Waals surface area (Å²) < 4.78 is 21.6. The third-order valence-electron chi connectivity index (χ3n) is 5.67. The third-order valence-corrected chi connectivity index (χ3v) is 7.40. The quantitative estimate of drug-likeness (QED) is 0.0739. The smallest absolute Gasteiger partial charge is 0.315 e. The molecule has 0 aromatic rings. The van der Waals surface area contributed by atoms with Gasteiger partial charge in [0.2, 0.25) is 11.8 Å². The Bertz CT molecular complexity index is 648. The number of hydrogen-bond acceptors (Lipinski definition) is 9. The van der Waals surface area contributed by atoms with Gasteiger partial charge in [-0.1, -0.05) is 6.42 Å². The highest BCUT2D eigenvalue weighted by atomic mass is 32.2. The second-order valence-corrected chi connectivity index (χ2v) is 10.2. The first-order valence-corrected chi connectivity index (χ1v) is 14.4. The minimum atomic E-state index is -0.0598. The predicted molar refractivity (Wildman–Crippen MR) is 142 cm³/mol. The first-order valence-electron chi connectivity index (χ1n) is 12.7. The molecule has 4 N–H and O–H groups in total. The van der Waals surface area contributed by atoms with E-state index in [0.717, 1.165) is 25.0 Å². The van der Waals surface area contributed by atoms with Crippen LogP contribution in [-0.2, 0) is 28.5 Å². The summed E-state index contributed by atoms with van der Waals surface area (Å²) in [4.78, 5) is 34.7. The van der Waals surface area contributed by atoms with Gasteiger partial charge in [0.15, 0.2) is 0 Å². The molecule has 0 aliphatic carbocycles. The summed E-state index contributed by atoms with van der Waals surface area (Å²) in [5.41, 5.74) is 0. The molecule has 3 atom stereocenters. The molecule has 36 heavy (non-hydrogen) atoms. The fraction of sp³-hybridized carbons (Fsp3) is 0.870. The van der Waals surface area contributed by atoms with Crippen LogP contribution in [0.1, 0.15) is 32.1 Å². The lowest BCUT2D eigenvalue weighted by atomic mass is 10.0. The van der Waals surface area contributed by atoms with Crippen LogP contribution >= 0.6 is 24.4 Å². The monoisotopic (exact) mass is 550 g/mol. The molecule has 0 saturated carbocycles. The van der Waals surface area contributed by atoms with Gasteiger partial charge in [0, 0.05) is 42.7 Å². The Morgan fingerprint density at radius 3 is 2.14 bits per heavy atom. The second kappa shape index (κ2) is 19.8. The summed E-state index contributed by atoms with van der Waals surface area (Å²) in [6.45, 7) is 4.62. The molecule has 13 heteroatoms. The van der Waals surface area contributed by atoms with Crippen LogP contribution in [0.25, 0.3) is 0 Å². The molecule has 2 aliphatic rings. The molecular formula is C23H42N4O7S2. The van der Waals surface area contributed by atoms with E-state index in [1.54, 1.807) is 0 Å². The molecular weight excluding hydrogens is 508 g/mol. The maximum Gasteiger partial charge on any atom is 0.315 e. The Morgan fingerprint density at radius 1 is 0.833 bits per heavy atom. The Kier molecular flexibility index (Phi) is 17.0. The lowest BCUT2D eigenvalue weighted by Crippen LogP contribution is -2.36. The molecule has 2 rings (SSSR count). The van der Waals surface area contributed by atoms with E-state index < -0.39 is 0 Å². The van der Waals surface area contributed by atoms with Gasteiger partial charge >= 0.3 is 6.03 Å². The van der Waals surface area contributed by atoms with Crippen LogP contribution in [0.4, 0.5) is 4.79 Å². The molecule has 2 saturated heterocycles. The van der Waals surface area contributed by atoms with E-state index in [4.69, 9.17) is 18.9 Å². The van der Waals surface area contributed by atoms with E-state index >= 15 is 0 Å². The van der Waals surface area contributed by atoms with Crippen molar-refractivity contribution >= 4 is 42.2 Å². The van der Waals surface area contributed by atoms with Gasteiger partial charge in [-0.25, -0.2) is 4.79 Å². The maximum absolute atomic E-state index is 11.9. The predicted octanol–water partition coefficient (Wildman–Crippen LogP) is 0.331. The van der Waals surface area contributed by atoms with E-state index in [0.29, 0.717) is 89.8 Å². The van der Waals surface area contributed by atoms with Crippen LogP contribution in [0.3, 0.4) is 0 Å². The lowest BCUT2D eigenvalue weighted by Gasteiger charge is -2.16. The molecule has 0 spiro atoms. The number of thiol groups is 1. The van der Waals surface area contributed by atoms with Crippen LogP contribution in [0.2, 0.25) is 0 Å². The van der Waals surface area contributed by atoms with Crippen molar-refractivity contribution in [2.45, 2.75) is 49.4 Å². The second-order valence-electron chi connectivity index (χ2n) is 8.49. The van der Waals surface area contributed by atoms with Crippen molar-refractivity contribution in [2.75, 3.05) is 77.5 Å². The number of urea groups is 1. The van der Waals surface area contributed by atoms with Crippen molar-refractivity contribution < 1.29 is 33.3 Å². The van der Waals surface area contributed by atoms with Gasteiger partial charge in [0.1, 0.15) is 0 Å². The summed E-state index contributed by atoms with van der Waals surface area (Å²) >= 11 is 5.93. The maximum atomic E-state index is 11.9. The van der Waals surface area contributed by atoms with Crippen LogP contribution in [0.5, 0.6) is 0 Å². The molecule has 0 bridgehead atoms. The topological polar surface area (TPSA) is 136 Å². The van der Waals surface area contributed by atoms with Crippen LogP contribution in [0, 0.1) is 0 Å². The minimum Gasteiger partial charge on any atom is -0.379 e. The number of thioether (sulfide) groups is 1. The number of ether oxygens (including phenoxy) is 4. The van der Waals surface area contributed by atoms with E-state index in [1.807, 2.05) is 11.8 Å². The molecule has 4 amide bonds. The van der Waals surface area contributed by atoms with Crippen molar-refractivity contribution in [2.24, 2.45) is 0 Å². The van der Waals surface area contributed by atoms with Crippen molar-refractivity contribution in [1.29, 1.82) is 0 Å². The number of nitrogens with one attached hydrogen (secondary N) is 4. The fourth-order valence-electron chi connectivity index (χ4n) is 3.84. The highest BCUT2D eigenvalue weighted by molar-refractivity contribution is 8.00. The van der Waals surface area contributed by atoms with Crippen LogP contribution in [-0.4, -0.2) is 113 Å². The molecule has 0 aromatic carbocycles. The number of carbonyl (C=O) groups excluding carboxylic acids is 3. The minimum absolute atomic E-state index is 0.0359. The van der Waals surface area contributed by atoms with Crippen LogP contribution < -0.4 is 21.3 Å². The molecule has 2 aliphatic heterocycles. The number of rotatable bonds is 22. The number of fused-ring (bicyclic) bond motifs is 1. The molecule has 2 heterocycles. The number of unbranched alkanes of at least 4 members (excludes halogenated alkanes) is 1. The Labute approximate surface area is 223 Å². The average Bonchev–Trinajstić information content (AvgIpc) is 3.42. The van der Waals surface area contributed by atoms with Crippen molar-refractivity contribution in [3.05, 3.63) is 0 Å². The van der Waals surface area contributed by atoms with E-state index in [1.165, 1.54) is 0 Å². The van der Waals surface area contributed by atoms with Crippen LogP contribution in [0.15, 0.2) is 0 Å². The van der Waals surface area contributed by atoms with Crippen molar-refractivity contribution in [3.63, 3.8) is 0 Å². The first kappa shape index (κ1) is 31.0. The summed E-state index contributed by atoms with van der Waals surface area (Å²) in [7, 11) is 0. The van der Waals surface area contributed by atoms with Gasteiger partial charge < -0.3 is 40.2 Å². The largest absolute Gasteiger partial charge is 0.379 e. The fourth-order valence-corrected chi connectivity index (χ4v) is 5.49. The van der Waals surface area contributed by atoms with E-state index in [9.17, 15) is 14.4 Å². The zero-order valence-electron chi connectivity index (χ0n) is 21.0. The molecule has 0 radical (unpaired) electrons. The van der Waals surface area contributed by atoms with Gasteiger partial charge in [-0.05, 0) is 12.8 Å². The standard InChI is InChI=1S/C23H42N4O7S2/c28-20(4-2-1-3-19-22-18(17-36-19)26-23(30)27-22)24-6-9-32-11-13-34-15-14-33-12-10-31-8-5-21(29)25-7-16-35/h18-19,22,35H,1-17H2,(H,24,28)(H,25,29)(H2,26,27,30)/t18-,19-,22-/m0/s1. The highest BCUT2D eigenvalue weighted by Gasteiger charge is 2.42. The zero-order chi connectivity index (χ0) is 25.8. The van der Waals surface area contributed by atoms with Gasteiger partial charge in [-0.2, -0.15) is 24.4 Å². The van der Waals surface area contributed by atoms with E-state index in [2.05, 4.69) is 33.9 Å². The SMILES string of the molecule is O=C(CCCC[C@@H]1SC[C@@H]2NC(=O)N[C@@H]21)NCCOCCOCCOCCOCCC(=O)NCCS. The summed E-state index contributed by atoms with van der Waals surface area (Å²) in [6, 6.07) is 0.417. The third kappa shape index (κ3) is 13.9. The van der Waals surface area contributed by atoms with Gasteiger partial charge in [0.05, 0.1) is 64.9 Å². The number of carbonyl (C=O) groups is 3. The number of hydrogen-bond donors (Lipinski definition) is 5. The summed E-state index contributed by atoms with van der Waals surface area (Å²) in [5.74, 6) is 1.59. The van der Waals surface area contributed by atoms with Crippen molar-refractivity contribution in [3.8, 4) is 0 Å². The molecule has 0 aromatic heterocycles. The Balaban J connectivity index is 1.26. The molecule has 11 nitrogen and oxygen atoms in total. The highest BCUT2D eigenvalue weighted by Crippen LogP contribution is 2.33. The van der Waals surface area contributed by atoms with Crippen molar-refractivity contribution in [1.82, 2.24) is 21.3 Å². The molecule has 0 unspecified atom stereocenters. The zero-order valence-corrected chi connectivity index (χ0v) is 22.7. The Morgan fingerprint density at radius 2 is 1.44 bits per heavy atom. The molecule has 208 valence electrons. The average molecular weight is 551 g/mol. The normalized spacial score (nSPS) is 20.6. The first-order chi connectivity index (χ1) is 17.6. The summed E-state index contributed by atoms with van der Waals surface area (Å²) in [5, 5.41) is 12.0. The lowest BCUT2D eigenvalue weighted by molar-refractivity contribution is -0.122. The number of amides is 4. The summed E-state index contributed by atoms with van der Waals surface area (Å²) in [6.07, 6.45) is 3.68. The van der Waals surface area contributed by atoms with Gasteiger partial charge in [-0.3, -0.25) is 9.59 Å². The van der Waals surface area contributed by atoms with E-state index in [-0.39, 0.29) is 29.9 Å². The molecule has 2 fully saturated rings.